The van der Waals surface area contributed by atoms with Gasteiger partial charge in [-0.05, 0) is 30.2 Å². The normalized spacial score (nSPS) is 10.9. The molecule has 7 heteroatoms. The van der Waals surface area contributed by atoms with Crippen molar-refractivity contribution in [1.29, 1.82) is 0 Å². The maximum atomic E-state index is 12.8. The fourth-order valence-corrected chi connectivity index (χ4v) is 2.52. The molecule has 0 saturated carbocycles. The first-order valence-electron chi connectivity index (χ1n) is 8.08. The van der Waals surface area contributed by atoms with Crippen LogP contribution in [-0.4, -0.2) is 23.9 Å². The van der Waals surface area contributed by atoms with E-state index in [9.17, 15) is 18.0 Å². The number of alkyl halides is 3. The van der Waals surface area contributed by atoms with Gasteiger partial charge in [-0.25, -0.2) is 0 Å². The van der Waals surface area contributed by atoms with E-state index in [1.165, 1.54) is 12.1 Å². The highest BCUT2D eigenvalue weighted by Gasteiger charge is 2.30. The van der Waals surface area contributed by atoms with Gasteiger partial charge in [0, 0.05) is 13.1 Å². The van der Waals surface area contributed by atoms with E-state index >= 15 is 0 Å². The highest BCUT2D eigenvalue weighted by Crippen LogP contribution is 2.29. The van der Waals surface area contributed by atoms with Crippen LogP contribution in [0.2, 0.25) is 0 Å². The van der Waals surface area contributed by atoms with E-state index < -0.39 is 11.7 Å². The van der Waals surface area contributed by atoms with Crippen molar-refractivity contribution < 1.29 is 18.0 Å². The van der Waals surface area contributed by atoms with Crippen LogP contribution in [0.25, 0.3) is 0 Å². The Kier molecular flexibility index (Phi) is 8.61. The number of hydrogen-bond acceptors (Lipinski definition) is 2. The molecule has 142 valence electrons. The van der Waals surface area contributed by atoms with E-state index in [1.807, 2.05) is 30.3 Å². The molecule has 0 spiro atoms. The fourth-order valence-electron chi connectivity index (χ4n) is 2.52. The Morgan fingerprint density at radius 1 is 1.00 bits per heavy atom. The maximum absolute atomic E-state index is 12.8. The SMILES string of the molecule is Cl.NCCCN(Cc1ccccc1)C(=O)Cc1cccc(C(F)(F)F)c1. The summed E-state index contributed by atoms with van der Waals surface area (Å²) in [7, 11) is 0. The number of halogens is 4. The zero-order valence-corrected chi connectivity index (χ0v) is 15.0. The van der Waals surface area contributed by atoms with Gasteiger partial charge in [-0.1, -0.05) is 48.5 Å². The van der Waals surface area contributed by atoms with Crippen molar-refractivity contribution >= 4 is 18.3 Å². The smallest absolute Gasteiger partial charge is 0.338 e. The minimum absolute atomic E-state index is 0. The van der Waals surface area contributed by atoms with Crippen molar-refractivity contribution in [2.45, 2.75) is 25.6 Å². The number of benzene rings is 2. The standard InChI is InChI=1S/C19H21F3N2O.ClH/c20-19(21,22)17-9-4-8-16(12-17)13-18(25)24(11-5-10-23)14-15-6-2-1-3-7-15;/h1-4,6-9,12H,5,10-11,13-14,23H2;1H. The summed E-state index contributed by atoms with van der Waals surface area (Å²) in [6.07, 6.45) is -3.84. The van der Waals surface area contributed by atoms with E-state index in [2.05, 4.69) is 0 Å². The monoisotopic (exact) mass is 386 g/mol. The minimum atomic E-state index is -4.41. The number of carbonyl (C=O) groups excluding carboxylic acids is 1. The van der Waals surface area contributed by atoms with Crippen LogP contribution >= 0.6 is 12.4 Å². The summed E-state index contributed by atoms with van der Waals surface area (Å²) in [5.41, 5.74) is 6.11. The Hall–Kier alpha value is -2.05. The number of carbonyl (C=O) groups is 1. The van der Waals surface area contributed by atoms with E-state index in [0.29, 0.717) is 31.6 Å². The number of rotatable bonds is 7. The van der Waals surface area contributed by atoms with E-state index in [0.717, 1.165) is 17.7 Å². The molecule has 0 saturated heterocycles. The van der Waals surface area contributed by atoms with Gasteiger partial charge in [0.2, 0.25) is 5.91 Å². The van der Waals surface area contributed by atoms with E-state index in [-0.39, 0.29) is 24.7 Å². The van der Waals surface area contributed by atoms with Crippen molar-refractivity contribution in [1.82, 2.24) is 4.90 Å². The first-order valence-corrected chi connectivity index (χ1v) is 8.08. The Labute approximate surface area is 157 Å². The highest BCUT2D eigenvalue weighted by molar-refractivity contribution is 5.85. The van der Waals surface area contributed by atoms with Gasteiger partial charge >= 0.3 is 6.18 Å². The first-order chi connectivity index (χ1) is 11.9. The molecular weight excluding hydrogens is 365 g/mol. The van der Waals surface area contributed by atoms with Gasteiger partial charge in [0.15, 0.2) is 0 Å². The number of nitrogens with two attached hydrogens (primary N) is 1. The molecule has 1 amide bonds. The lowest BCUT2D eigenvalue weighted by molar-refractivity contribution is -0.138. The van der Waals surface area contributed by atoms with Crippen LogP contribution in [0.1, 0.15) is 23.1 Å². The lowest BCUT2D eigenvalue weighted by Crippen LogP contribution is -2.33. The molecule has 3 nitrogen and oxygen atoms in total. The van der Waals surface area contributed by atoms with E-state index in [4.69, 9.17) is 5.73 Å². The quantitative estimate of drug-likeness (QED) is 0.780. The third kappa shape index (κ3) is 6.69. The second kappa shape index (κ2) is 10.2. The Bertz CT molecular complexity index is 693. The highest BCUT2D eigenvalue weighted by atomic mass is 35.5. The average molecular weight is 387 g/mol. The molecule has 2 aromatic rings. The van der Waals surface area contributed by atoms with Crippen LogP contribution in [0, 0.1) is 0 Å². The Balaban J connectivity index is 0.00000338. The predicted molar refractivity (Wildman–Crippen MR) is 97.9 cm³/mol. The molecular formula is C19H22ClF3N2O. The summed E-state index contributed by atoms with van der Waals surface area (Å²) in [5, 5.41) is 0. The van der Waals surface area contributed by atoms with Crippen LogP contribution in [0.5, 0.6) is 0 Å². The van der Waals surface area contributed by atoms with Crippen molar-refractivity contribution in [2.75, 3.05) is 13.1 Å². The Morgan fingerprint density at radius 2 is 1.65 bits per heavy atom. The van der Waals surface area contributed by atoms with Crippen LogP contribution in [-0.2, 0) is 23.9 Å². The molecule has 2 rings (SSSR count). The number of amides is 1. The first kappa shape index (κ1) is 22.0. The van der Waals surface area contributed by atoms with Crippen LogP contribution in [0.15, 0.2) is 54.6 Å². The largest absolute Gasteiger partial charge is 0.416 e. The zero-order valence-electron chi connectivity index (χ0n) is 14.2. The molecule has 0 aliphatic carbocycles. The van der Waals surface area contributed by atoms with Gasteiger partial charge in [0.25, 0.3) is 0 Å². The summed E-state index contributed by atoms with van der Waals surface area (Å²) >= 11 is 0. The topological polar surface area (TPSA) is 46.3 Å². The summed E-state index contributed by atoms with van der Waals surface area (Å²) < 4.78 is 38.4. The van der Waals surface area contributed by atoms with Crippen molar-refractivity contribution in [3.05, 3.63) is 71.3 Å². The van der Waals surface area contributed by atoms with Crippen LogP contribution in [0.4, 0.5) is 13.2 Å². The molecule has 0 heterocycles. The lowest BCUT2D eigenvalue weighted by Gasteiger charge is -2.23. The molecule has 0 atom stereocenters. The molecule has 2 N–H and O–H groups in total. The third-order valence-corrected chi connectivity index (χ3v) is 3.81. The average Bonchev–Trinajstić information content (AvgIpc) is 2.59. The second-order valence-corrected chi connectivity index (χ2v) is 5.82. The van der Waals surface area contributed by atoms with E-state index in [1.54, 1.807) is 4.90 Å². The van der Waals surface area contributed by atoms with Gasteiger partial charge in [-0.2, -0.15) is 13.2 Å². The van der Waals surface area contributed by atoms with Crippen LogP contribution < -0.4 is 5.73 Å². The molecule has 0 radical (unpaired) electrons. The summed E-state index contributed by atoms with van der Waals surface area (Å²) in [6, 6.07) is 14.4. The molecule has 26 heavy (non-hydrogen) atoms. The van der Waals surface area contributed by atoms with Gasteiger partial charge < -0.3 is 10.6 Å². The minimum Gasteiger partial charge on any atom is -0.338 e. The van der Waals surface area contributed by atoms with Crippen molar-refractivity contribution in [3.8, 4) is 0 Å². The second-order valence-electron chi connectivity index (χ2n) is 5.82. The molecule has 0 unspecified atom stereocenters. The number of nitrogens with zero attached hydrogens (tertiary/aromatic N) is 1. The maximum Gasteiger partial charge on any atom is 0.416 e. The predicted octanol–water partition coefficient (Wildman–Crippen LogP) is 4.05. The molecule has 0 fully saturated rings. The molecule has 0 bridgehead atoms. The van der Waals surface area contributed by atoms with Crippen molar-refractivity contribution in [2.24, 2.45) is 5.73 Å². The zero-order chi connectivity index (χ0) is 18.3. The summed E-state index contributed by atoms with van der Waals surface area (Å²) in [5.74, 6) is -0.211. The Morgan fingerprint density at radius 3 is 2.27 bits per heavy atom. The molecule has 0 aliphatic heterocycles. The third-order valence-electron chi connectivity index (χ3n) is 3.81. The molecule has 0 aliphatic rings. The van der Waals surface area contributed by atoms with Gasteiger partial charge in [0.05, 0.1) is 12.0 Å². The van der Waals surface area contributed by atoms with Gasteiger partial charge in [-0.15, -0.1) is 12.4 Å². The molecule has 0 aromatic heterocycles. The lowest BCUT2D eigenvalue weighted by atomic mass is 10.1. The fraction of sp³-hybridized carbons (Fsp3) is 0.316. The van der Waals surface area contributed by atoms with Crippen LogP contribution in [0.3, 0.4) is 0 Å². The van der Waals surface area contributed by atoms with Gasteiger partial charge in [-0.3, -0.25) is 4.79 Å². The summed E-state index contributed by atoms with van der Waals surface area (Å²) in [4.78, 5) is 14.2. The summed E-state index contributed by atoms with van der Waals surface area (Å²) in [6.45, 7) is 1.34. The molecule has 2 aromatic carbocycles. The number of hydrogen-bond donors (Lipinski definition) is 1. The van der Waals surface area contributed by atoms with Gasteiger partial charge in [0.1, 0.15) is 0 Å². The van der Waals surface area contributed by atoms with Crippen molar-refractivity contribution in [3.63, 3.8) is 0 Å².